The Morgan fingerprint density at radius 3 is 2.53 bits per heavy atom. The minimum absolute atomic E-state index is 0.0999. The fraction of sp³-hybridized carbons (Fsp3) is 0.667. The summed E-state index contributed by atoms with van der Waals surface area (Å²) in [6.45, 7) is 7.56. The predicted molar refractivity (Wildman–Crippen MR) is 113 cm³/mol. The molecule has 2 fully saturated rings. The quantitative estimate of drug-likeness (QED) is 0.573. The van der Waals surface area contributed by atoms with Crippen LogP contribution in [0.15, 0.2) is 23.1 Å². The average Bonchev–Trinajstić information content (AvgIpc) is 2.79. The van der Waals surface area contributed by atoms with Gasteiger partial charge in [-0.05, 0) is 37.5 Å². The van der Waals surface area contributed by atoms with E-state index in [2.05, 4.69) is 0 Å². The van der Waals surface area contributed by atoms with Gasteiger partial charge in [-0.2, -0.15) is 4.31 Å². The van der Waals surface area contributed by atoms with Gasteiger partial charge in [0.2, 0.25) is 10.0 Å². The number of carbonyl (C=O) groups is 1. The second-order valence-corrected chi connectivity index (χ2v) is 9.39. The number of ether oxygens (including phenoxy) is 3. The summed E-state index contributed by atoms with van der Waals surface area (Å²) in [5.41, 5.74) is 0.937. The number of carbonyl (C=O) groups excluding carboxylic acids is 1. The Morgan fingerprint density at radius 1 is 1.17 bits per heavy atom. The molecule has 0 bridgehead atoms. The highest BCUT2D eigenvalue weighted by Crippen LogP contribution is 2.28. The molecule has 168 valence electrons. The summed E-state index contributed by atoms with van der Waals surface area (Å²) in [4.78, 5) is 15.1. The third kappa shape index (κ3) is 5.32. The van der Waals surface area contributed by atoms with E-state index in [0.29, 0.717) is 51.7 Å². The van der Waals surface area contributed by atoms with Crippen LogP contribution < -0.4 is 4.90 Å². The molecule has 2 heterocycles. The lowest BCUT2D eigenvalue weighted by atomic mass is 10.1. The Labute approximate surface area is 179 Å². The molecule has 3 rings (SSSR count). The molecule has 8 nitrogen and oxygen atoms in total. The zero-order valence-corrected chi connectivity index (χ0v) is 18.7. The lowest BCUT2D eigenvalue weighted by Gasteiger charge is -2.30. The van der Waals surface area contributed by atoms with Crippen LogP contribution in [0.4, 0.5) is 5.69 Å². The van der Waals surface area contributed by atoms with E-state index in [1.165, 1.54) is 10.4 Å². The number of rotatable bonds is 8. The molecule has 0 saturated carbocycles. The maximum absolute atomic E-state index is 13.0. The van der Waals surface area contributed by atoms with E-state index < -0.39 is 16.0 Å². The van der Waals surface area contributed by atoms with Crippen LogP contribution in [0.5, 0.6) is 0 Å². The van der Waals surface area contributed by atoms with Gasteiger partial charge >= 0.3 is 5.97 Å². The summed E-state index contributed by atoms with van der Waals surface area (Å²) in [7, 11) is -3.68. The van der Waals surface area contributed by atoms with Gasteiger partial charge in [-0.3, -0.25) is 0 Å². The van der Waals surface area contributed by atoms with Crippen molar-refractivity contribution in [1.82, 2.24) is 4.31 Å². The van der Waals surface area contributed by atoms with Crippen LogP contribution in [0.3, 0.4) is 0 Å². The number of hydrogen-bond donors (Lipinski definition) is 0. The molecule has 1 aromatic rings. The van der Waals surface area contributed by atoms with Gasteiger partial charge < -0.3 is 19.1 Å². The lowest BCUT2D eigenvalue weighted by Crippen LogP contribution is -2.37. The van der Waals surface area contributed by atoms with Crippen LogP contribution in [0.1, 0.15) is 43.5 Å². The summed E-state index contributed by atoms with van der Waals surface area (Å²) in [6.07, 6.45) is 2.84. The van der Waals surface area contributed by atoms with Crippen LogP contribution in [-0.2, 0) is 24.2 Å². The SMILES string of the molecule is CCN(CC)S(=O)(=O)c1ccc(N2CCOCC2)c(C(=O)OCC2CCCCO2)c1. The lowest BCUT2D eigenvalue weighted by molar-refractivity contribution is -0.0300. The fourth-order valence-corrected chi connectivity index (χ4v) is 5.30. The third-order valence-electron chi connectivity index (χ3n) is 5.56. The molecule has 0 aromatic heterocycles. The standard InChI is InChI=1S/C21H32N2O6S/c1-3-23(4-2)30(25,26)18-8-9-20(22-10-13-27-14-11-22)19(15-18)21(24)29-16-17-7-5-6-12-28-17/h8-9,15,17H,3-7,10-14,16H2,1-2H3. The molecule has 0 spiro atoms. The number of anilines is 1. The van der Waals surface area contributed by atoms with Crippen LogP contribution in [0, 0.1) is 0 Å². The highest BCUT2D eigenvalue weighted by molar-refractivity contribution is 7.89. The summed E-state index contributed by atoms with van der Waals surface area (Å²) in [5, 5.41) is 0. The van der Waals surface area contributed by atoms with Crippen molar-refractivity contribution in [3.63, 3.8) is 0 Å². The number of benzene rings is 1. The topological polar surface area (TPSA) is 85.4 Å². The maximum Gasteiger partial charge on any atom is 0.340 e. The Bertz CT molecular complexity index is 813. The van der Waals surface area contributed by atoms with Crippen LogP contribution >= 0.6 is 0 Å². The van der Waals surface area contributed by atoms with Crippen molar-refractivity contribution in [3.05, 3.63) is 23.8 Å². The van der Waals surface area contributed by atoms with E-state index in [1.807, 2.05) is 4.90 Å². The molecule has 2 aliphatic heterocycles. The number of hydrogen-bond acceptors (Lipinski definition) is 7. The zero-order chi connectivity index (χ0) is 21.6. The predicted octanol–water partition coefficient (Wildman–Crippen LogP) is 2.28. The number of esters is 1. The molecule has 1 atom stereocenters. The van der Waals surface area contributed by atoms with Crippen molar-refractivity contribution in [2.45, 2.75) is 44.1 Å². The zero-order valence-electron chi connectivity index (χ0n) is 17.8. The van der Waals surface area contributed by atoms with Gasteiger partial charge in [0, 0.05) is 32.8 Å². The van der Waals surface area contributed by atoms with Gasteiger partial charge in [0.05, 0.1) is 35.5 Å². The monoisotopic (exact) mass is 440 g/mol. The van der Waals surface area contributed by atoms with Crippen LogP contribution in [0.2, 0.25) is 0 Å². The van der Waals surface area contributed by atoms with Crippen LogP contribution in [0.25, 0.3) is 0 Å². The van der Waals surface area contributed by atoms with Crippen molar-refractivity contribution in [2.24, 2.45) is 0 Å². The molecule has 2 aliphatic rings. The maximum atomic E-state index is 13.0. The van der Waals surface area contributed by atoms with E-state index in [9.17, 15) is 13.2 Å². The molecular weight excluding hydrogens is 408 g/mol. The smallest absolute Gasteiger partial charge is 0.340 e. The van der Waals surface area contributed by atoms with Crippen molar-refractivity contribution < 1.29 is 27.4 Å². The van der Waals surface area contributed by atoms with Crippen LogP contribution in [-0.4, -0.2) is 77.4 Å². The van der Waals surface area contributed by atoms with Gasteiger partial charge in [0.1, 0.15) is 6.61 Å². The molecule has 0 amide bonds. The highest BCUT2D eigenvalue weighted by Gasteiger charge is 2.27. The first-order valence-electron chi connectivity index (χ1n) is 10.7. The first-order valence-corrected chi connectivity index (χ1v) is 12.2. The Hall–Kier alpha value is -1.68. The van der Waals surface area contributed by atoms with Crippen molar-refractivity contribution in [2.75, 3.05) is 57.5 Å². The summed E-state index contributed by atoms with van der Waals surface area (Å²) in [6, 6.07) is 4.72. The number of nitrogens with zero attached hydrogens (tertiary/aromatic N) is 2. The van der Waals surface area contributed by atoms with Gasteiger partial charge in [-0.25, -0.2) is 13.2 Å². The van der Waals surface area contributed by atoms with E-state index in [0.717, 1.165) is 19.3 Å². The van der Waals surface area contributed by atoms with E-state index in [-0.39, 0.29) is 23.2 Å². The molecule has 0 N–H and O–H groups in total. The molecule has 9 heteroatoms. The highest BCUT2D eigenvalue weighted by atomic mass is 32.2. The third-order valence-corrected chi connectivity index (χ3v) is 7.60. The second-order valence-electron chi connectivity index (χ2n) is 7.45. The van der Waals surface area contributed by atoms with Gasteiger partial charge in [0.15, 0.2) is 0 Å². The molecule has 2 saturated heterocycles. The second kappa shape index (κ2) is 10.6. The average molecular weight is 441 g/mol. The minimum Gasteiger partial charge on any atom is -0.459 e. The Balaban J connectivity index is 1.88. The number of morpholine rings is 1. The minimum atomic E-state index is -3.68. The Morgan fingerprint density at radius 2 is 1.90 bits per heavy atom. The summed E-state index contributed by atoms with van der Waals surface area (Å²) >= 11 is 0. The Kier molecular flexibility index (Phi) is 8.10. The number of sulfonamides is 1. The largest absolute Gasteiger partial charge is 0.459 e. The molecule has 1 unspecified atom stereocenters. The molecule has 1 aromatic carbocycles. The van der Waals surface area contributed by atoms with Crippen molar-refractivity contribution in [1.29, 1.82) is 0 Å². The fourth-order valence-electron chi connectivity index (χ4n) is 3.82. The van der Waals surface area contributed by atoms with E-state index >= 15 is 0 Å². The van der Waals surface area contributed by atoms with E-state index in [1.54, 1.807) is 26.0 Å². The normalized spacial score (nSPS) is 20.4. The van der Waals surface area contributed by atoms with E-state index in [4.69, 9.17) is 14.2 Å². The van der Waals surface area contributed by atoms with Gasteiger partial charge in [0.25, 0.3) is 0 Å². The molecule has 30 heavy (non-hydrogen) atoms. The van der Waals surface area contributed by atoms with Crippen molar-refractivity contribution >= 4 is 21.7 Å². The first-order chi connectivity index (χ1) is 14.5. The van der Waals surface area contributed by atoms with Crippen molar-refractivity contribution in [3.8, 4) is 0 Å². The van der Waals surface area contributed by atoms with Gasteiger partial charge in [-0.1, -0.05) is 13.8 Å². The molecule has 0 radical (unpaired) electrons. The summed E-state index contributed by atoms with van der Waals surface area (Å²) < 4.78 is 43.9. The summed E-state index contributed by atoms with van der Waals surface area (Å²) in [5.74, 6) is -0.526. The first kappa shape index (κ1) is 23.0. The molecule has 0 aliphatic carbocycles. The molecular formula is C21H32N2O6S. The van der Waals surface area contributed by atoms with Gasteiger partial charge in [-0.15, -0.1) is 0 Å².